The van der Waals surface area contributed by atoms with Gasteiger partial charge in [0.2, 0.25) is 0 Å². The van der Waals surface area contributed by atoms with Gasteiger partial charge < -0.3 is 0 Å². The Hall–Kier alpha value is -1.89. The predicted molar refractivity (Wildman–Crippen MR) is 82.1 cm³/mol. The third-order valence-electron chi connectivity index (χ3n) is 3.27. The first-order valence-corrected chi connectivity index (χ1v) is 6.81. The molecule has 0 bridgehead atoms. The molecule has 98 valence electrons. The van der Waals surface area contributed by atoms with E-state index in [0.29, 0.717) is 5.92 Å². The molecule has 2 rings (SSSR count). The zero-order valence-corrected chi connectivity index (χ0v) is 11.9. The van der Waals surface area contributed by atoms with E-state index < -0.39 is 0 Å². The van der Waals surface area contributed by atoms with E-state index in [-0.39, 0.29) is 0 Å². The molecule has 1 heterocycles. The van der Waals surface area contributed by atoms with Gasteiger partial charge in [0.05, 0.1) is 0 Å². The summed E-state index contributed by atoms with van der Waals surface area (Å²) in [4.78, 5) is 4.51. The molecule has 0 fully saturated rings. The van der Waals surface area contributed by atoms with Crippen LogP contribution in [-0.4, -0.2) is 4.98 Å². The molecule has 1 aromatic carbocycles. The summed E-state index contributed by atoms with van der Waals surface area (Å²) in [5.74, 6) is 0.457. The second-order valence-corrected chi connectivity index (χ2v) is 5.25. The lowest BCUT2D eigenvalue weighted by Gasteiger charge is -2.10. The summed E-state index contributed by atoms with van der Waals surface area (Å²) >= 11 is 0. The van der Waals surface area contributed by atoms with Crippen molar-refractivity contribution >= 4 is 0 Å². The van der Waals surface area contributed by atoms with Crippen molar-refractivity contribution in [3.05, 3.63) is 66.0 Å². The standard InChI is InChI=1S/C18H21N/c1-14(2)9-10-15(3)18-13-17(11-12-19-18)16-7-5-4-6-8-16/h4-9,11-13,15H,10H2,1-3H3/t15-/m1/s1. The molecule has 0 aliphatic carbocycles. The van der Waals surface area contributed by atoms with Gasteiger partial charge in [-0.15, -0.1) is 0 Å². The van der Waals surface area contributed by atoms with Crippen LogP contribution in [0.4, 0.5) is 0 Å². The van der Waals surface area contributed by atoms with Crippen LogP contribution >= 0.6 is 0 Å². The molecule has 19 heavy (non-hydrogen) atoms. The van der Waals surface area contributed by atoms with Crippen molar-refractivity contribution < 1.29 is 0 Å². The fourth-order valence-electron chi connectivity index (χ4n) is 2.06. The van der Waals surface area contributed by atoms with Crippen LogP contribution in [0.1, 0.15) is 38.8 Å². The normalized spacial score (nSPS) is 11.9. The lowest BCUT2D eigenvalue weighted by atomic mass is 9.98. The summed E-state index contributed by atoms with van der Waals surface area (Å²) in [6.45, 7) is 6.51. The largest absolute Gasteiger partial charge is 0.261 e. The average Bonchev–Trinajstić information content (AvgIpc) is 2.46. The predicted octanol–water partition coefficient (Wildman–Crippen LogP) is 5.21. The van der Waals surface area contributed by atoms with Gasteiger partial charge >= 0.3 is 0 Å². The molecule has 0 amide bonds. The molecule has 0 aliphatic rings. The third-order valence-corrected chi connectivity index (χ3v) is 3.27. The monoisotopic (exact) mass is 251 g/mol. The number of rotatable bonds is 4. The van der Waals surface area contributed by atoms with Gasteiger partial charge in [0, 0.05) is 17.8 Å². The maximum absolute atomic E-state index is 4.51. The zero-order chi connectivity index (χ0) is 13.7. The summed E-state index contributed by atoms with van der Waals surface area (Å²) in [5.41, 5.74) is 5.03. The number of hydrogen-bond acceptors (Lipinski definition) is 1. The minimum atomic E-state index is 0.457. The Kier molecular flexibility index (Phi) is 4.51. The van der Waals surface area contributed by atoms with Gasteiger partial charge in [0.15, 0.2) is 0 Å². The SMILES string of the molecule is CC(C)=CC[C@@H](C)c1cc(-c2ccccc2)ccn1. The Balaban J connectivity index is 2.22. The van der Waals surface area contributed by atoms with Gasteiger partial charge in [-0.3, -0.25) is 4.98 Å². The van der Waals surface area contributed by atoms with Gasteiger partial charge in [-0.05, 0) is 43.5 Å². The van der Waals surface area contributed by atoms with Crippen molar-refractivity contribution in [2.45, 2.75) is 33.1 Å². The number of allylic oxidation sites excluding steroid dienone is 2. The molecule has 1 atom stereocenters. The van der Waals surface area contributed by atoms with Crippen molar-refractivity contribution in [3.63, 3.8) is 0 Å². The second kappa shape index (κ2) is 6.33. The van der Waals surface area contributed by atoms with E-state index in [4.69, 9.17) is 0 Å². The molecular weight excluding hydrogens is 230 g/mol. The third kappa shape index (κ3) is 3.78. The molecular formula is C18H21N. The Morgan fingerprint density at radius 2 is 1.84 bits per heavy atom. The molecule has 0 unspecified atom stereocenters. The van der Waals surface area contributed by atoms with Gasteiger partial charge in [-0.25, -0.2) is 0 Å². The highest BCUT2D eigenvalue weighted by molar-refractivity contribution is 5.63. The van der Waals surface area contributed by atoms with Crippen LogP contribution in [0.2, 0.25) is 0 Å². The van der Waals surface area contributed by atoms with E-state index in [9.17, 15) is 0 Å². The average molecular weight is 251 g/mol. The molecule has 0 N–H and O–H groups in total. The van der Waals surface area contributed by atoms with Crippen LogP contribution < -0.4 is 0 Å². The maximum atomic E-state index is 4.51. The number of hydrogen-bond donors (Lipinski definition) is 0. The summed E-state index contributed by atoms with van der Waals surface area (Å²) in [6, 6.07) is 14.7. The molecule has 0 saturated heterocycles. The lowest BCUT2D eigenvalue weighted by molar-refractivity contribution is 0.746. The number of pyridine rings is 1. The molecule has 1 aromatic heterocycles. The fourth-order valence-corrected chi connectivity index (χ4v) is 2.06. The number of benzene rings is 1. The highest BCUT2D eigenvalue weighted by Gasteiger charge is 2.07. The van der Waals surface area contributed by atoms with E-state index in [1.165, 1.54) is 22.4 Å². The minimum absolute atomic E-state index is 0.457. The topological polar surface area (TPSA) is 12.9 Å². The highest BCUT2D eigenvalue weighted by Crippen LogP contribution is 2.24. The van der Waals surface area contributed by atoms with Gasteiger partial charge in [0.1, 0.15) is 0 Å². The molecule has 0 saturated carbocycles. The van der Waals surface area contributed by atoms with Crippen molar-refractivity contribution in [2.24, 2.45) is 0 Å². The molecule has 0 radical (unpaired) electrons. The van der Waals surface area contributed by atoms with E-state index in [1.807, 2.05) is 12.3 Å². The molecule has 0 spiro atoms. The number of aromatic nitrogens is 1. The number of nitrogens with zero attached hydrogens (tertiary/aromatic N) is 1. The van der Waals surface area contributed by atoms with Gasteiger partial charge in [-0.1, -0.05) is 48.9 Å². The van der Waals surface area contributed by atoms with Crippen LogP contribution in [0, 0.1) is 0 Å². The molecule has 2 aromatic rings. The van der Waals surface area contributed by atoms with Crippen molar-refractivity contribution in [3.8, 4) is 11.1 Å². The Morgan fingerprint density at radius 3 is 2.53 bits per heavy atom. The Labute approximate surface area is 116 Å². The Morgan fingerprint density at radius 1 is 1.11 bits per heavy atom. The Bertz CT molecular complexity index is 551. The summed E-state index contributed by atoms with van der Waals surface area (Å²) < 4.78 is 0. The smallest absolute Gasteiger partial charge is 0.0441 e. The first-order valence-electron chi connectivity index (χ1n) is 6.81. The summed E-state index contributed by atoms with van der Waals surface area (Å²) in [6.07, 6.45) is 5.24. The van der Waals surface area contributed by atoms with Gasteiger partial charge in [-0.2, -0.15) is 0 Å². The first kappa shape index (κ1) is 13.5. The quantitative estimate of drug-likeness (QED) is 0.680. The summed E-state index contributed by atoms with van der Waals surface area (Å²) in [7, 11) is 0. The fraction of sp³-hybridized carbons (Fsp3) is 0.278. The van der Waals surface area contributed by atoms with Gasteiger partial charge in [0.25, 0.3) is 0 Å². The van der Waals surface area contributed by atoms with Crippen LogP contribution in [0.25, 0.3) is 11.1 Å². The van der Waals surface area contributed by atoms with E-state index in [2.05, 4.69) is 68.2 Å². The molecule has 0 aliphatic heterocycles. The van der Waals surface area contributed by atoms with Crippen LogP contribution in [0.3, 0.4) is 0 Å². The zero-order valence-electron chi connectivity index (χ0n) is 11.9. The van der Waals surface area contributed by atoms with E-state index in [0.717, 1.165) is 6.42 Å². The second-order valence-electron chi connectivity index (χ2n) is 5.25. The van der Waals surface area contributed by atoms with E-state index >= 15 is 0 Å². The van der Waals surface area contributed by atoms with Crippen LogP contribution in [-0.2, 0) is 0 Å². The maximum Gasteiger partial charge on any atom is 0.0441 e. The highest BCUT2D eigenvalue weighted by atomic mass is 14.7. The summed E-state index contributed by atoms with van der Waals surface area (Å²) in [5, 5.41) is 0. The molecule has 1 heteroatoms. The van der Waals surface area contributed by atoms with Crippen molar-refractivity contribution in [2.75, 3.05) is 0 Å². The van der Waals surface area contributed by atoms with Crippen molar-refractivity contribution in [1.29, 1.82) is 0 Å². The van der Waals surface area contributed by atoms with Crippen molar-refractivity contribution in [1.82, 2.24) is 4.98 Å². The molecule has 1 nitrogen and oxygen atoms in total. The van der Waals surface area contributed by atoms with Crippen LogP contribution in [0.5, 0.6) is 0 Å². The minimum Gasteiger partial charge on any atom is -0.261 e. The van der Waals surface area contributed by atoms with Crippen LogP contribution in [0.15, 0.2) is 60.3 Å². The van der Waals surface area contributed by atoms with E-state index in [1.54, 1.807) is 0 Å². The first-order chi connectivity index (χ1) is 9.16. The lowest BCUT2D eigenvalue weighted by Crippen LogP contribution is -1.96.